The Bertz CT molecular complexity index is 1560. The Morgan fingerprint density at radius 2 is 1.97 bits per heavy atom. The molecule has 7 nitrogen and oxygen atoms in total. The quantitative estimate of drug-likeness (QED) is 0.383. The first-order valence-corrected chi connectivity index (χ1v) is 10.7. The average Bonchev–Trinajstić information content (AvgIpc) is 3.33. The number of thiophene rings is 1. The lowest BCUT2D eigenvalue weighted by Gasteiger charge is -2.05. The van der Waals surface area contributed by atoms with Crippen LogP contribution in [-0.2, 0) is 11.3 Å². The number of hydrogen-bond acceptors (Lipinski definition) is 6. The fourth-order valence-corrected chi connectivity index (χ4v) is 4.58. The number of rotatable bonds is 4. The number of H-pyrrole nitrogens is 1. The molecule has 5 rings (SSSR count). The molecular formula is C22H14ClFN4O3S. The number of fused-ring (bicyclic) bond motifs is 2. The van der Waals surface area contributed by atoms with Crippen molar-refractivity contribution in [2.75, 3.05) is 0 Å². The zero-order valence-corrected chi connectivity index (χ0v) is 18.1. The molecular weight excluding hydrogens is 455 g/mol. The highest BCUT2D eigenvalue weighted by atomic mass is 35.5. The number of carbonyl (C=O) groups is 1. The first kappa shape index (κ1) is 20.3. The van der Waals surface area contributed by atoms with Crippen LogP contribution in [0.2, 0.25) is 5.02 Å². The number of hydrogen-bond donors (Lipinski definition) is 1. The maximum absolute atomic E-state index is 13.3. The van der Waals surface area contributed by atoms with Crippen LogP contribution in [0.3, 0.4) is 0 Å². The van der Waals surface area contributed by atoms with Crippen molar-refractivity contribution in [1.29, 1.82) is 0 Å². The Morgan fingerprint density at radius 1 is 1.19 bits per heavy atom. The zero-order chi connectivity index (χ0) is 22.4. The van der Waals surface area contributed by atoms with Crippen LogP contribution >= 0.6 is 22.9 Å². The molecule has 0 aliphatic heterocycles. The number of nitrogens with zero attached hydrogens (tertiary/aromatic N) is 3. The summed E-state index contributed by atoms with van der Waals surface area (Å²) in [5, 5.41) is 6.14. The SMILES string of the molecule is Cc1nn(-c2ccc(F)cc2)c2sc(C(=O)OCc3nc4cc(Cl)ccc4c(=O)[nH]3)cc12. The largest absolute Gasteiger partial charge is 0.453 e. The van der Waals surface area contributed by atoms with Gasteiger partial charge in [-0.15, -0.1) is 11.3 Å². The van der Waals surface area contributed by atoms with E-state index in [-0.39, 0.29) is 23.8 Å². The van der Waals surface area contributed by atoms with E-state index in [1.165, 1.54) is 23.5 Å². The number of aryl methyl sites for hydroxylation is 1. The summed E-state index contributed by atoms with van der Waals surface area (Å²) in [5.74, 6) is -0.676. The van der Waals surface area contributed by atoms with Crippen molar-refractivity contribution in [2.24, 2.45) is 0 Å². The summed E-state index contributed by atoms with van der Waals surface area (Å²) in [4.78, 5) is 32.9. The van der Waals surface area contributed by atoms with Crippen LogP contribution < -0.4 is 5.56 Å². The minimum absolute atomic E-state index is 0.201. The van der Waals surface area contributed by atoms with Crippen molar-refractivity contribution in [3.8, 4) is 5.69 Å². The third kappa shape index (κ3) is 3.65. The van der Waals surface area contributed by atoms with Crippen LogP contribution in [0.15, 0.2) is 53.3 Å². The Kier molecular flexibility index (Phi) is 4.99. The molecule has 160 valence electrons. The molecule has 32 heavy (non-hydrogen) atoms. The van der Waals surface area contributed by atoms with Crippen molar-refractivity contribution >= 4 is 50.0 Å². The van der Waals surface area contributed by atoms with E-state index in [0.29, 0.717) is 26.5 Å². The van der Waals surface area contributed by atoms with E-state index in [4.69, 9.17) is 16.3 Å². The number of carbonyl (C=O) groups excluding carboxylic acids is 1. The molecule has 0 spiro atoms. The van der Waals surface area contributed by atoms with Gasteiger partial charge in [-0.1, -0.05) is 11.6 Å². The van der Waals surface area contributed by atoms with E-state index in [1.807, 2.05) is 6.92 Å². The fraction of sp³-hybridized carbons (Fsp3) is 0.0909. The van der Waals surface area contributed by atoms with Gasteiger partial charge in [0.2, 0.25) is 0 Å². The highest BCUT2D eigenvalue weighted by molar-refractivity contribution is 7.20. The Balaban J connectivity index is 1.41. The van der Waals surface area contributed by atoms with Crippen molar-refractivity contribution < 1.29 is 13.9 Å². The molecule has 0 fully saturated rings. The van der Waals surface area contributed by atoms with Gasteiger partial charge in [0.25, 0.3) is 5.56 Å². The van der Waals surface area contributed by atoms with Crippen LogP contribution in [0.5, 0.6) is 0 Å². The summed E-state index contributed by atoms with van der Waals surface area (Å²) >= 11 is 7.19. The van der Waals surface area contributed by atoms with Gasteiger partial charge in [0.15, 0.2) is 0 Å². The minimum atomic E-state index is -0.551. The summed E-state index contributed by atoms with van der Waals surface area (Å²) in [6, 6.07) is 12.4. The molecule has 3 aromatic heterocycles. The second-order valence-electron chi connectivity index (χ2n) is 7.05. The van der Waals surface area contributed by atoms with Gasteiger partial charge in [0, 0.05) is 10.4 Å². The van der Waals surface area contributed by atoms with Crippen molar-refractivity contribution in [3.05, 3.63) is 86.1 Å². The lowest BCUT2D eigenvalue weighted by molar-refractivity contribution is 0.0468. The highest BCUT2D eigenvalue weighted by Gasteiger charge is 2.19. The predicted octanol–water partition coefficient (Wildman–Crippen LogP) is 4.78. The number of ether oxygens (including phenoxy) is 1. The normalized spacial score (nSPS) is 11.3. The molecule has 2 aromatic carbocycles. The first-order valence-electron chi connectivity index (χ1n) is 9.50. The van der Waals surface area contributed by atoms with Crippen molar-refractivity contribution in [1.82, 2.24) is 19.7 Å². The highest BCUT2D eigenvalue weighted by Crippen LogP contribution is 2.31. The second kappa shape index (κ2) is 7.85. The molecule has 0 bridgehead atoms. The van der Waals surface area contributed by atoms with Crippen molar-refractivity contribution in [3.63, 3.8) is 0 Å². The van der Waals surface area contributed by atoms with Gasteiger partial charge < -0.3 is 9.72 Å². The van der Waals surface area contributed by atoms with E-state index in [0.717, 1.165) is 15.9 Å². The average molecular weight is 469 g/mol. The second-order valence-corrected chi connectivity index (χ2v) is 8.52. The number of benzene rings is 2. The van der Waals surface area contributed by atoms with Gasteiger partial charge >= 0.3 is 5.97 Å². The number of esters is 1. The Labute approximate surface area is 189 Å². The first-order chi connectivity index (χ1) is 15.4. The van der Waals surface area contributed by atoms with Gasteiger partial charge in [0.1, 0.15) is 28.0 Å². The summed E-state index contributed by atoms with van der Waals surface area (Å²) < 4.78 is 20.3. The van der Waals surface area contributed by atoms with Gasteiger partial charge in [-0.2, -0.15) is 5.10 Å². The van der Waals surface area contributed by atoms with E-state index < -0.39 is 5.97 Å². The fourth-order valence-electron chi connectivity index (χ4n) is 3.34. The smallest absolute Gasteiger partial charge is 0.348 e. The molecule has 10 heteroatoms. The predicted molar refractivity (Wildman–Crippen MR) is 120 cm³/mol. The lowest BCUT2D eigenvalue weighted by Crippen LogP contribution is -2.14. The zero-order valence-electron chi connectivity index (χ0n) is 16.6. The third-order valence-electron chi connectivity index (χ3n) is 4.87. The third-order valence-corrected chi connectivity index (χ3v) is 6.20. The molecule has 0 radical (unpaired) electrons. The molecule has 3 heterocycles. The minimum Gasteiger partial charge on any atom is -0.453 e. The summed E-state index contributed by atoms with van der Waals surface area (Å²) in [5.41, 5.74) is 1.50. The van der Waals surface area contributed by atoms with Crippen LogP contribution in [0.1, 0.15) is 21.2 Å². The standard InChI is InChI=1S/C22H14ClFN4O3S/c1-11-16-9-18(32-21(16)28(27-11)14-5-3-13(24)4-6-14)22(30)31-10-19-25-17-8-12(23)2-7-15(17)20(29)26-19/h2-9H,10H2,1H3,(H,25,26,29). The molecule has 5 aromatic rings. The Morgan fingerprint density at radius 3 is 2.75 bits per heavy atom. The van der Waals surface area contributed by atoms with Crippen LogP contribution in [0, 0.1) is 12.7 Å². The monoisotopic (exact) mass is 468 g/mol. The van der Waals surface area contributed by atoms with Gasteiger partial charge in [0.05, 0.1) is 22.3 Å². The maximum Gasteiger partial charge on any atom is 0.348 e. The van der Waals surface area contributed by atoms with Gasteiger partial charge in [-0.05, 0) is 55.5 Å². The van der Waals surface area contributed by atoms with E-state index >= 15 is 0 Å². The van der Waals surface area contributed by atoms with Gasteiger partial charge in [-0.25, -0.2) is 18.9 Å². The summed E-state index contributed by atoms with van der Waals surface area (Å²) in [6.45, 7) is 1.63. The number of aromatic amines is 1. The van der Waals surface area contributed by atoms with Crippen LogP contribution in [0.4, 0.5) is 4.39 Å². The summed E-state index contributed by atoms with van der Waals surface area (Å²) in [6.07, 6.45) is 0. The number of aromatic nitrogens is 4. The van der Waals surface area contributed by atoms with E-state index in [2.05, 4.69) is 15.1 Å². The molecule has 0 aliphatic carbocycles. The van der Waals surface area contributed by atoms with Gasteiger partial charge in [-0.3, -0.25) is 4.79 Å². The maximum atomic E-state index is 13.3. The molecule has 0 saturated heterocycles. The number of nitrogens with one attached hydrogen (secondary N) is 1. The summed E-state index contributed by atoms with van der Waals surface area (Å²) in [7, 11) is 0. The topological polar surface area (TPSA) is 89.9 Å². The van der Waals surface area contributed by atoms with Crippen LogP contribution in [0.25, 0.3) is 26.8 Å². The Hall–Kier alpha value is -3.56. The molecule has 1 N–H and O–H groups in total. The molecule has 0 aliphatic rings. The number of halogens is 2. The molecule has 0 amide bonds. The molecule has 0 atom stereocenters. The lowest BCUT2D eigenvalue weighted by atomic mass is 10.2. The molecule has 0 saturated carbocycles. The van der Waals surface area contributed by atoms with E-state index in [9.17, 15) is 14.0 Å². The van der Waals surface area contributed by atoms with E-state index in [1.54, 1.807) is 41.1 Å². The molecule has 0 unspecified atom stereocenters. The van der Waals surface area contributed by atoms with Crippen molar-refractivity contribution in [2.45, 2.75) is 13.5 Å². The van der Waals surface area contributed by atoms with Crippen LogP contribution in [-0.4, -0.2) is 25.7 Å².